The summed E-state index contributed by atoms with van der Waals surface area (Å²) in [7, 11) is -3.45. The van der Waals surface area contributed by atoms with E-state index in [0.29, 0.717) is 32.8 Å². The van der Waals surface area contributed by atoms with E-state index < -0.39 is 9.84 Å². The Labute approximate surface area is 153 Å². The number of sulfone groups is 1. The average molecular weight is 439 g/mol. The van der Waals surface area contributed by atoms with Crippen LogP contribution in [-0.2, 0) is 19.4 Å². The number of rotatable bonds is 5. The van der Waals surface area contributed by atoms with Gasteiger partial charge >= 0.3 is 6.09 Å². The monoisotopic (exact) mass is 438 g/mol. The van der Waals surface area contributed by atoms with Crippen LogP contribution in [0.15, 0.2) is 20.1 Å². The van der Waals surface area contributed by atoms with Crippen molar-refractivity contribution in [1.29, 1.82) is 0 Å². The minimum atomic E-state index is -3.45. The van der Waals surface area contributed by atoms with Gasteiger partial charge in [0, 0.05) is 32.6 Å². The molecule has 0 aromatic carbocycles. The minimum absolute atomic E-state index is 0.0583. The van der Waals surface area contributed by atoms with Crippen LogP contribution >= 0.6 is 27.3 Å². The first-order valence-electron chi connectivity index (χ1n) is 7.51. The van der Waals surface area contributed by atoms with Gasteiger partial charge in [-0.15, -0.1) is 11.3 Å². The molecule has 0 radical (unpaired) electrons. The molecule has 0 N–H and O–H groups in total. The first-order valence-corrected chi connectivity index (χ1v) is 10.8. The molecular weight excluding hydrogens is 420 g/mol. The Morgan fingerprint density at radius 2 is 1.83 bits per heavy atom. The molecule has 0 atom stereocenters. The zero-order valence-electron chi connectivity index (χ0n) is 13.2. The maximum atomic E-state index is 12.2. The molecule has 2 rings (SSSR count). The smallest absolute Gasteiger partial charge is 0.409 e. The summed E-state index contributed by atoms with van der Waals surface area (Å²) in [5.74, 6) is -0.422. The first-order chi connectivity index (χ1) is 11.3. The lowest BCUT2D eigenvalue weighted by Gasteiger charge is -2.34. The van der Waals surface area contributed by atoms with Crippen molar-refractivity contribution < 1.29 is 22.7 Å². The number of hydrogen-bond acceptors (Lipinski definition) is 6. The fraction of sp³-hybridized carbons (Fsp3) is 0.571. The van der Waals surface area contributed by atoms with Crippen molar-refractivity contribution in [2.45, 2.75) is 17.6 Å². The van der Waals surface area contributed by atoms with Gasteiger partial charge in [0.05, 0.1) is 16.1 Å². The average Bonchev–Trinajstić information content (AvgIpc) is 3.00. The van der Waals surface area contributed by atoms with Crippen molar-refractivity contribution in [1.82, 2.24) is 9.80 Å². The van der Waals surface area contributed by atoms with Crippen molar-refractivity contribution >= 4 is 49.1 Å². The number of ether oxygens (including phenoxy) is 1. The Morgan fingerprint density at radius 3 is 2.38 bits per heavy atom. The van der Waals surface area contributed by atoms with Crippen LogP contribution in [0.1, 0.15) is 13.3 Å². The molecule has 0 aliphatic carbocycles. The number of hydrogen-bond donors (Lipinski definition) is 0. The van der Waals surface area contributed by atoms with Crippen molar-refractivity contribution in [2.24, 2.45) is 0 Å². The van der Waals surface area contributed by atoms with Gasteiger partial charge in [0.2, 0.25) is 5.91 Å². The Hall–Kier alpha value is -1.13. The molecule has 7 nitrogen and oxygen atoms in total. The fourth-order valence-corrected chi connectivity index (χ4v) is 5.69. The fourth-order valence-electron chi connectivity index (χ4n) is 2.30. The van der Waals surface area contributed by atoms with Crippen LogP contribution in [0.5, 0.6) is 0 Å². The van der Waals surface area contributed by atoms with Crippen LogP contribution < -0.4 is 0 Å². The van der Waals surface area contributed by atoms with Gasteiger partial charge in [-0.3, -0.25) is 4.79 Å². The van der Waals surface area contributed by atoms with Gasteiger partial charge in [-0.05, 0) is 35.0 Å². The number of piperazine rings is 1. The van der Waals surface area contributed by atoms with Crippen LogP contribution in [-0.4, -0.2) is 68.8 Å². The summed E-state index contributed by atoms with van der Waals surface area (Å²) in [6, 6.07) is 3.21. The van der Waals surface area contributed by atoms with Gasteiger partial charge in [-0.1, -0.05) is 0 Å². The lowest BCUT2D eigenvalue weighted by Crippen LogP contribution is -2.50. The zero-order valence-corrected chi connectivity index (χ0v) is 16.5. The number of carbonyl (C=O) groups is 2. The zero-order chi connectivity index (χ0) is 17.7. The molecule has 1 aliphatic heterocycles. The van der Waals surface area contributed by atoms with E-state index in [-0.39, 0.29) is 28.4 Å². The molecule has 2 heterocycles. The van der Waals surface area contributed by atoms with Crippen molar-refractivity contribution in [2.75, 3.05) is 38.5 Å². The van der Waals surface area contributed by atoms with E-state index in [1.54, 1.807) is 22.8 Å². The molecule has 24 heavy (non-hydrogen) atoms. The Bertz CT molecular complexity index is 696. The number of amides is 2. The summed E-state index contributed by atoms with van der Waals surface area (Å²) < 4.78 is 30.3. The Kier molecular flexibility index (Phi) is 6.64. The minimum Gasteiger partial charge on any atom is -0.450 e. The second-order valence-corrected chi connectivity index (χ2v) is 9.99. The summed E-state index contributed by atoms with van der Waals surface area (Å²) >= 11 is 4.37. The maximum Gasteiger partial charge on any atom is 0.409 e. The highest BCUT2D eigenvalue weighted by Crippen LogP contribution is 2.27. The second kappa shape index (κ2) is 8.30. The van der Waals surface area contributed by atoms with Crippen molar-refractivity contribution in [3.05, 3.63) is 15.9 Å². The molecule has 10 heteroatoms. The Morgan fingerprint density at radius 1 is 1.21 bits per heavy atom. The van der Waals surface area contributed by atoms with Gasteiger partial charge in [-0.2, -0.15) is 0 Å². The summed E-state index contributed by atoms with van der Waals surface area (Å²) in [6.45, 7) is 3.63. The van der Waals surface area contributed by atoms with E-state index in [1.807, 2.05) is 0 Å². The topological polar surface area (TPSA) is 84.0 Å². The maximum absolute atomic E-state index is 12.2. The van der Waals surface area contributed by atoms with Crippen LogP contribution in [0.3, 0.4) is 0 Å². The molecule has 1 aromatic rings. The van der Waals surface area contributed by atoms with Gasteiger partial charge < -0.3 is 14.5 Å². The van der Waals surface area contributed by atoms with E-state index >= 15 is 0 Å². The molecule has 0 saturated carbocycles. The summed E-state index contributed by atoms with van der Waals surface area (Å²) in [5.41, 5.74) is 0. The van der Waals surface area contributed by atoms with E-state index in [0.717, 1.165) is 15.1 Å². The molecule has 1 aliphatic rings. The van der Waals surface area contributed by atoms with Crippen LogP contribution in [0.4, 0.5) is 4.79 Å². The third-order valence-electron chi connectivity index (χ3n) is 3.60. The predicted octanol–water partition coefficient (Wildman–Crippen LogP) is 1.98. The van der Waals surface area contributed by atoms with Gasteiger partial charge in [0.1, 0.15) is 4.21 Å². The quantitative estimate of drug-likeness (QED) is 0.701. The normalized spacial score (nSPS) is 15.4. The first kappa shape index (κ1) is 19.2. The van der Waals surface area contributed by atoms with Crippen LogP contribution in [0, 0.1) is 0 Å². The number of carbonyl (C=O) groups excluding carboxylic acids is 2. The second-order valence-electron chi connectivity index (χ2n) is 5.19. The van der Waals surface area contributed by atoms with E-state index in [9.17, 15) is 18.0 Å². The lowest BCUT2D eigenvalue weighted by molar-refractivity contribution is -0.132. The number of thiophene rings is 1. The Balaban J connectivity index is 1.83. The highest BCUT2D eigenvalue weighted by Gasteiger charge is 2.26. The van der Waals surface area contributed by atoms with Gasteiger partial charge in [0.25, 0.3) is 0 Å². The van der Waals surface area contributed by atoms with Crippen LogP contribution in [0.25, 0.3) is 0 Å². The third-order valence-corrected chi connectivity index (χ3v) is 7.52. The summed E-state index contributed by atoms with van der Waals surface area (Å²) in [4.78, 5) is 27.0. The van der Waals surface area contributed by atoms with E-state index in [4.69, 9.17) is 4.74 Å². The summed E-state index contributed by atoms with van der Waals surface area (Å²) in [5, 5.41) is 0. The molecule has 2 amide bonds. The van der Waals surface area contributed by atoms with E-state index in [1.165, 1.54) is 6.07 Å². The molecule has 1 aromatic heterocycles. The number of nitrogens with zero attached hydrogens (tertiary/aromatic N) is 2. The van der Waals surface area contributed by atoms with Crippen molar-refractivity contribution in [3.8, 4) is 0 Å². The lowest BCUT2D eigenvalue weighted by atomic mass is 10.3. The van der Waals surface area contributed by atoms with Crippen LogP contribution in [0.2, 0.25) is 0 Å². The molecule has 0 bridgehead atoms. The third kappa shape index (κ3) is 4.93. The van der Waals surface area contributed by atoms with Gasteiger partial charge in [-0.25, -0.2) is 13.2 Å². The van der Waals surface area contributed by atoms with Crippen molar-refractivity contribution in [3.63, 3.8) is 0 Å². The SMILES string of the molecule is CCOC(=O)N1CCN(C(=O)CCS(=O)(=O)c2ccc(Br)s2)CC1. The molecule has 1 saturated heterocycles. The number of halogens is 1. The molecule has 0 unspecified atom stereocenters. The highest BCUT2D eigenvalue weighted by molar-refractivity contribution is 9.11. The largest absolute Gasteiger partial charge is 0.450 e. The molecule has 1 fully saturated rings. The molecular formula is C14H19BrN2O5S2. The van der Waals surface area contributed by atoms with Gasteiger partial charge in [0.15, 0.2) is 9.84 Å². The molecule has 134 valence electrons. The predicted molar refractivity (Wildman–Crippen MR) is 93.9 cm³/mol. The molecule has 0 spiro atoms. The summed E-state index contributed by atoms with van der Waals surface area (Å²) in [6.07, 6.45) is -0.437. The van der Waals surface area contributed by atoms with E-state index in [2.05, 4.69) is 15.9 Å². The highest BCUT2D eigenvalue weighted by atomic mass is 79.9. The standard InChI is InChI=1S/C14H19BrN2O5S2/c1-2-22-14(19)17-8-6-16(7-9-17)12(18)5-10-24(20,21)13-4-3-11(15)23-13/h3-4H,2,5-10H2,1H3.